The van der Waals surface area contributed by atoms with E-state index in [1.54, 1.807) is 0 Å². The van der Waals surface area contributed by atoms with E-state index in [2.05, 4.69) is 32.9 Å². The molecule has 2 nitrogen and oxygen atoms in total. The van der Waals surface area contributed by atoms with Gasteiger partial charge in [-0.1, -0.05) is 32.9 Å². The zero-order valence-electron chi connectivity index (χ0n) is 10.6. The summed E-state index contributed by atoms with van der Waals surface area (Å²) >= 11 is 0. The van der Waals surface area contributed by atoms with Gasteiger partial charge in [0.1, 0.15) is 5.75 Å². The Morgan fingerprint density at radius 2 is 1.81 bits per heavy atom. The number of hydrogen-bond acceptors (Lipinski definition) is 2. The second kappa shape index (κ2) is 6.54. The van der Waals surface area contributed by atoms with Crippen molar-refractivity contribution in [2.45, 2.75) is 39.7 Å². The Hall–Kier alpha value is -1.02. The van der Waals surface area contributed by atoms with Crippen molar-refractivity contribution in [1.29, 1.82) is 0 Å². The molecule has 2 N–H and O–H groups in total. The van der Waals surface area contributed by atoms with E-state index >= 15 is 0 Å². The maximum Gasteiger partial charge on any atom is 0.119 e. The highest BCUT2D eigenvalue weighted by molar-refractivity contribution is 5.28. The van der Waals surface area contributed by atoms with Crippen LogP contribution < -0.4 is 10.5 Å². The van der Waals surface area contributed by atoms with Gasteiger partial charge in [-0.05, 0) is 36.5 Å². The lowest BCUT2D eigenvalue weighted by Gasteiger charge is -2.11. The first-order chi connectivity index (χ1) is 7.63. The Kier molecular flexibility index (Phi) is 5.33. The second-order valence-corrected chi connectivity index (χ2v) is 4.61. The molecule has 0 fully saturated rings. The van der Waals surface area contributed by atoms with Gasteiger partial charge >= 0.3 is 0 Å². The fourth-order valence-electron chi connectivity index (χ4n) is 1.46. The largest absolute Gasteiger partial charge is 0.494 e. The highest BCUT2D eigenvalue weighted by Crippen LogP contribution is 2.18. The van der Waals surface area contributed by atoms with Crippen LogP contribution in [0.25, 0.3) is 0 Å². The van der Waals surface area contributed by atoms with E-state index in [9.17, 15) is 0 Å². The molecule has 0 aliphatic heterocycles. The van der Waals surface area contributed by atoms with Gasteiger partial charge in [0.2, 0.25) is 0 Å². The molecule has 0 saturated carbocycles. The molecule has 1 atom stereocenters. The third-order valence-corrected chi connectivity index (χ3v) is 2.71. The van der Waals surface area contributed by atoms with E-state index in [1.807, 2.05) is 12.1 Å². The molecule has 0 spiro atoms. The van der Waals surface area contributed by atoms with Crippen molar-refractivity contribution in [3.05, 3.63) is 29.8 Å². The van der Waals surface area contributed by atoms with Crippen molar-refractivity contribution in [2.24, 2.45) is 11.7 Å². The Balaban J connectivity index is 2.45. The molecule has 0 saturated heterocycles. The summed E-state index contributed by atoms with van der Waals surface area (Å²) in [5.74, 6) is 1.63. The normalized spacial score (nSPS) is 12.8. The molecule has 2 heteroatoms. The molecule has 0 heterocycles. The summed E-state index contributed by atoms with van der Waals surface area (Å²) in [5.41, 5.74) is 7.12. The fourth-order valence-corrected chi connectivity index (χ4v) is 1.46. The Labute approximate surface area is 98.8 Å². The number of benzene rings is 1. The number of hydrogen-bond donors (Lipinski definition) is 1. The van der Waals surface area contributed by atoms with Gasteiger partial charge in [0, 0.05) is 6.04 Å². The summed E-state index contributed by atoms with van der Waals surface area (Å²) in [5, 5.41) is 0. The Morgan fingerprint density at radius 1 is 1.19 bits per heavy atom. The van der Waals surface area contributed by atoms with E-state index < -0.39 is 0 Å². The monoisotopic (exact) mass is 221 g/mol. The van der Waals surface area contributed by atoms with Crippen LogP contribution in [0.3, 0.4) is 0 Å². The quantitative estimate of drug-likeness (QED) is 0.797. The van der Waals surface area contributed by atoms with Gasteiger partial charge in [0.15, 0.2) is 0 Å². The average molecular weight is 221 g/mol. The third-order valence-electron chi connectivity index (χ3n) is 2.71. The van der Waals surface area contributed by atoms with Gasteiger partial charge in [-0.25, -0.2) is 0 Å². The molecule has 0 aliphatic rings. The van der Waals surface area contributed by atoms with Crippen LogP contribution in [0.15, 0.2) is 24.3 Å². The molecule has 0 bridgehead atoms. The van der Waals surface area contributed by atoms with Crippen molar-refractivity contribution >= 4 is 0 Å². The maximum atomic E-state index is 5.94. The molecule has 90 valence electrons. The van der Waals surface area contributed by atoms with Gasteiger partial charge < -0.3 is 10.5 Å². The maximum absolute atomic E-state index is 5.94. The molecule has 1 rings (SSSR count). The molecular formula is C14H23NO. The summed E-state index contributed by atoms with van der Waals surface area (Å²) in [7, 11) is 0. The minimum Gasteiger partial charge on any atom is -0.494 e. The number of rotatable bonds is 6. The molecule has 0 radical (unpaired) electrons. The lowest BCUT2D eigenvalue weighted by Crippen LogP contribution is -2.08. The van der Waals surface area contributed by atoms with Gasteiger partial charge in [0.25, 0.3) is 0 Å². The smallest absolute Gasteiger partial charge is 0.119 e. The van der Waals surface area contributed by atoms with Gasteiger partial charge in [-0.15, -0.1) is 0 Å². The molecular weight excluding hydrogens is 198 g/mol. The van der Waals surface area contributed by atoms with Crippen molar-refractivity contribution in [3.8, 4) is 5.75 Å². The van der Waals surface area contributed by atoms with E-state index in [-0.39, 0.29) is 6.04 Å². The summed E-state index contributed by atoms with van der Waals surface area (Å²) in [6.45, 7) is 7.29. The zero-order chi connectivity index (χ0) is 12.0. The zero-order valence-corrected chi connectivity index (χ0v) is 10.6. The first-order valence-electron chi connectivity index (χ1n) is 6.11. The SMILES string of the molecule is CCC(N)c1ccc(OCCC(C)C)cc1. The van der Waals surface area contributed by atoms with E-state index in [4.69, 9.17) is 10.5 Å². The van der Waals surface area contributed by atoms with Crippen LogP contribution in [0.4, 0.5) is 0 Å². The predicted octanol–water partition coefficient (Wildman–Crippen LogP) is 3.52. The summed E-state index contributed by atoms with van der Waals surface area (Å²) in [6, 6.07) is 8.26. The van der Waals surface area contributed by atoms with Crippen molar-refractivity contribution in [1.82, 2.24) is 0 Å². The van der Waals surface area contributed by atoms with Crippen molar-refractivity contribution < 1.29 is 4.74 Å². The second-order valence-electron chi connectivity index (χ2n) is 4.61. The van der Waals surface area contributed by atoms with Crippen molar-refractivity contribution in [2.75, 3.05) is 6.61 Å². The van der Waals surface area contributed by atoms with Crippen LogP contribution in [-0.2, 0) is 0 Å². The van der Waals surface area contributed by atoms with Crippen LogP contribution in [0, 0.1) is 5.92 Å². The lowest BCUT2D eigenvalue weighted by molar-refractivity contribution is 0.289. The molecule has 1 aromatic carbocycles. The van der Waals surface area contributed by atoms with Crippen LogP contribution >= 0.6 is 0 Å². The minimum atomic E-state index is 0.143. The lowest BCUT2D eigenvalue weighted by atomic mass is 10.1. The summed E-state index contributed by atoms with van der Waals surface area (Å²) in [6.07, 6.45) is 2.06. The Morgan fingerprint density at radius 3 is 2.31 bits per heavy atom. The fraction of sp³-hybridized carbons (Fsp3) is 0.571. The van der Waals surface area contributed by atoms with Crippen LogP contribution in [0.5, 0.6) is 5.75 Å². The molecule has 0 aromatic heterocycles. The van der Waals surface area contributed by atoms with E-state index in [1.165, 1.54) is 5.56 Å². The Bertz CT molecular complexity index is 292. The number of ether oxygens (including phenoxy) is 1. The topological polar surface area (TPSA) is 35.2 Å². The molecule has 0 amide bonds. The van der Waals surface area contributed by atoms with E-state index in [0.29, 0.717) is 5.92 Å². The third kappa shape index (κ3) is 4.23. The molecule has 16 heavy (non-hydrogen) atoms. The standard InChI is InChI=1S/C14H23NO/c1-4-14(15)12-5-7-13(8-6-12)16-10-9-11(2)3/h5-8,11,14H,4,9-10,15H2,1-3H3. The minimum absolute atomic E-state index is 0.143. The van der Waals surface area contributed by atoms with Crippen LogP contribution in [0.1, 0.15) is 45.2 Å². The predicted molar refractivity (Wildman–Crippen MR) is 68.6 cm³/mol. The first kappa shape index (κ1) is 13.0. The van der Waals surface area contributed by atoms with Gasteiger partial charge in [-0.3, -0.25) is 0 Å². The summed E-state index contributed by atoms with van der Waals surface area (Å²) in [4.78, 5) is 0. The van der Waals surface area contributed by atoms with Crippen molar-refractivity contribution in [3.63, 3.8) is 0 Å². The van der Waals surface area contributed by atoms with E-state index in [0.717, 1.165) is 25.2 Å². The highest BCUT2D eigenvalue weighted by Gasteiger charge is 2.03. The highest BCUT2D eigenvalue weighted by atomic mass is 16.5. The molecule has 0 aliphatic carbocycles. The molecule has 1 unspecified atom stereocenters. The van der Waals surface area contributed by atoms with Crippen LogP contribution in [0.2, 0.25) is 0 Å². The number of nitrogens with two attached hydrogens (primary N) is 1. The molecule has 1 aromatic rings. The van der Waals surface area contributed by atoms with Gasteiger partial charge in [-0.2, -0.15) is 0 Å². The van der Waals surface area contributed by atoms with Crippen LogP contribution in [-0.4, -0.2) is 6.61 Å². The van der Waals surface area contributed by atoms with Gasteiger partial charge in [0.05, 0.1) is 6.61 Å². The summed E-state index contributed by atoms with van der Waals surface area (Å²) < 4.78 is 5.64. The first-order valence-corrected chi connectivity index (χ1v) is 6.11. The average Bonchev–Trinajstić information content (AvgIpc) is 2.28.